The molecule has 1 aliphatic heterocycles. The summed E-state index contributed by atoms with van der Waals surface area (Å²) in [6.45, 7) is 0.616. The Balaban J connectivity index is 1.43. The number of Topliss-reactive ketones (excluding diaryl/α,β-unsaturated/α-hetero) is 2. The Labute approximate surface area is 185 Å². The normalized spacial score (nSPS) is 15.8. The minimum absolute atomic E-state index is 0.00533. The molecule has 0 fully saturated rings. The molecule has 3 aromatic rings. The second-order valence-corrected chi connectivity index (χ2v) is 7.59. The molecule has 0 radical (unpaired) electrons. The molecule has 2 heterocycles. The van der Waals surface area contributed by atoms with Crippen molar-refractivity contribution in [3.8, 4) is 5.75 Å². The number of ketones is 2. The van der Waals surface area contributed by atoms with E-state index in [-0.39, 0.29) is 36.2 Å². The van der Waals surface area contributed by atoms with E-state index in [9.17, 15) is 14.4 Å². The van der Waals surface area contributed by atoms with Crippen molar-refractivity contribution in [2.75, 3.05) is 13.7 Å². The highest BCUT2D eigenvalue weighted by Gasteiger charge is 2.24. The van der Waals surface area contributed by atoms with Gasteiger partial charge in [-0.15, -0.1) is 0 Å². The lowest BCUT2D eigenvalue weighted by atomic mass is 9.91. The van der Waals surface area contributed by atoms with Crippen LogP contribution in [0.5, 0.6) is 5.75 Å². The number of ether oxygens (including phenoxy) is 2. The minimum Gasteiger partial charge on any atom is -0.437 e. The Hall–Kier alpha value is -3.71. The van der Waals surface area contributed by atoms with Crippen molar-refractivity contribution < 1.29 is 23.9 Å². The van der Waals surface area contributed by atoms with Gasteiger partial charge in [0, 0.05) is 36.7 Å². The quantitative estimate of drug-likeness (QED) is 0.328. The van der Waals surface area contributed by atoms with Gasteiger partial charge in [0.2, 0.25) is 0 Å². The van der Waals surface area contributed by atoms with Crippen LogP contribution in [0.3, 0.4) is 0 Å². The Kier molecular flexibility index (Phi) is 6.47. The number of fused-ring (bicyclic) bond motifs is 1. The van der Waals surface area contributed by atoms with Gasteiger partial charge in [0.15, 0.2) is 11.6 Å². The van der Waals surface area contributed by atoms with Crippen molar-refractivity contribution in [2.24, 2.45) is 0 Å². The Morgan fingerprint density at radius 3 is 2.62 bits per heavy atom. The van der Waals surface area contributed by atoms with Crippen molar-refractivity contribution in [3.05, 3.63) is 71.9 Å². The number of H-pyrrole nitrogens is 1. The average Bonchev–Trinajstić information content (AvgIpc) is 3.28. The summed E-state index contributed by atoms with van der Waals surface area (Å²) in [5, 5.41) is 3.73. The molecule has 2 aromatic carbocycles. The molecule has 1 aliphatic rings. The first-order valence-electron chi connectivity index (χ1n) is 10.5. The number of nitrogens with one attached hydrogen (secondary N) is 2. The van der Waals surface area contributed by atoms with Crippen LogP contribution < -0.4 is 10.1 Å². The molecule has 0 saturated carbocycles. The molecule has 0 aliphatic carbocycles. The molecule has 2 N–H and O–H groups in total. The third-order valence-electron chi connectivity index (χ3n) is 5.60. The van der Waals surface area contributed by atoms with E-state index in [2.05, 4.69) is 21.1 Å². The molecule has 0 spiro atoms. The summed E-state index contributed by atoms with van der Waals surface area (Å²) >= 11 is 0. The van der Waals surface area contributed by atoms with Gasteiger partial charge in [-0.05, 0) is 29.7 Å². The van der Waals surface area contributed by atoms with E-state index in [0.29, 0.717) is 29.4 Å². The number of aromatic amines is 1. The van der Waals surface area contributed by atoms with E-state index >= 15 is 0 Å². The smallest absolute Gasteiger partial charge is 0.437 e. The summed E-state index contributed by atoms with van der Waals surface area (Å²) in [5.41, 5.74) is 3.29. The number of hydrogen-bond acceptors (Lipinski definition) is 6. The van der Waals surface area contributed by atoms with Gasteiger partial charge < -0.3 is 19.8 Å². The molecule has 0 saturated heterocycles. The molecule has 0 bridgehead atoms. The zero-order valence-electron chi connectivity index (χ0n) is 17.7. The lowest BCUT2D eigenvalue weighted by Gasteiger charge is -2.23. The maximum absolute atomic E-state index is 12.9. The summed E-state index contributed by atoms with van der Waals surface area (Å²) < 4.78 is 9.74. The van der Waals surface area contributed by atoms with Crippen LogP contribution >= 0.6 is 0 Å². The van der Waals surface area contributed by atoms with Crippen molar-refractivity contribution in [3.63, 3.8) is 0 Å². The van der Waals surface area contributed by atoms with Gasteiger partial charge in [-0.25, -0.2) is 4.79 Å². The lowest BCUT2D eigenvalue weighted by molar-refractivity contribution is -0.120. The van der Waals surface area contributed by atoms with Gasteiger partial charge in [-0.1, -0.05) is 42.5 Å². The largest absolute Gasteiger partial charge is 0.513 e. The summed E-state index contributed by atoms with van der Waals surface area (Å²) in [7, 11) is 1.22. The number of carbonyl (C=O) groups excluding carboxylic acids is 3. The average molecular weight is 432 g/mol. The van der Waals surface area contributed by atoms with E-state index in [1.807, 2.05) is 30.3 Å². The number of hydrogen-bond donors (Lipinski definition) is 2. The molecule has 32 heavy (non-hydrogen) atoms. The molecular formula is C25H24N2O5. The Morgan fingerprint density at radius 1 is 1.03 bits per heavy atom. The molecule has 7 heteroatoms. The fourth-order valence-electron chi connectivity index (χ4n) is 3.95. The summed E-state index contributed by atoms with van der Waals surface area (Å²) in [6, 6.07) is 14.8. The van der Waals surface area contributed by atoms with E-state index in [1.165, 1.54) is 7.11 Å². The third kappa shape index (κ3) is 4.63. The maximum Gasteiger partial charge on any atom is 0.513 e. The first-order valence-corrected chi connectivity index (χ1v) is 10.5. The van der Waals surface area contributed by atoms with Gasteiger partial charge in [-0.3, -0.25) is 9.59 Å². The van der Waals surface area contributed by atoms with Gasteiger partial charge in [0.1, 0.15) is 5.75 Å². The summed E-state index contributed by atoms with van der Waals surface area (Å²) in [5.74, 6) is 0.0442. The summed E-state index contributed by atoms with van der Waals surface area (Å²) in [6.07, 6.45) is 3.61. The number of aromatic nitrogens is 1. The number of methoxy groups -OCH3 is 1. The summed E-state index contributed by atoms with van der Waals surface area (Å²) in [4.78, 5) is 40.3. The topological polar surface area (TPSA) is 97.5 Å². The fourth-order valence-corrected chi connectivity index (χ4v) is 3.95. The number of benzene rings is 2. The van der Waals surface area contributed by atoms with Crippen LogP contribution in [0.1, 0.15) is 35.2 Å². The van der Waals surface area contributed by atoms with Crippen molar-refractivity contribution in [1.82, 2.24) is 10.3 Å². The Morgan fingerprint density at radius 2 is 1.84 bits per heavy atom. The van der Waals surface area contributed by atoms with Gasteiger partial charge in [-0.2, -0.15) is 0 Å². The van der Waals surface area contributed by atoms with E-state index in [0.717, 1.165) is 11.1 Å². The zero-order valence-corrected chi connectivity index (χ0v) is 17.7. The van der Waals surface area contributed by atoms with Crippen LogP contribution in [0.15, 0.2) is 60.8 Å². The van der Waals surface area contributed by atoms with Crippen LogP contribution in [0.25, 0.3) is 16.5 Å². The Bertz CT molecular complexity index is 1180. The van der Waals surface area contributed by atoms with Gasteiger partial charge in [0.25, 0.3) is 0 Å². The molecular weight excluding hydrogens is 408 g/mol. The first-order chi connectivity index (χ1) is 15.6. The highest BCUT2D eigenvalue weighted by Crippen LogP contribution is 2.30. The van der Waals surface area contributed by atoms with Crippen LogP contribution in [-0.4, -0.2) is 42.4 Å². The highest BCUT2D eigenvalue weighted by atomic mass is 16.7. The molecule has 1 atom stereocenters. The van der Waals surface area contributed by atoms with E-state index in [1.54, 1.807) is 24.4 Å². The lowest BCUT2D eigenvalue weighted by Crippen LogP contribution is -2.39. The second-order valence-electron chi connectivity index (χ2n) is 7.59. The maximum atomic E-state index is 12.9. The van der Waals surface area contributed by atoms with Crippen LogP contribution in [-0.2, 0) is 9.53 Å². The fraction of sp³-hybridized carbons (Fsp3) is 0.240. The van der Waals surface area contributed by atoms with Crippen LogP contribution in [0.4, 0.5) is 4.79 Å². The predicted molar refractivity (Wildman–Crippen MR) is 121 cm³/mol. The molecule has 1 unspecified atom stereocenters. The molecule has 164 valence electrons. The predicted octanol–water partition coefficient (Wildman–Crippen LogP) is 4.29. The molecule has 4 rings (SSSR count). The molecule has 1 aromatic heterocycles. The van der Waals surface area contributed by atoms with E-state index < -0.39 is 6.16 Å². The van der Waals surface area contributed by atoms with Crippen molar-refractivity contribution in [1.29, 1.82) is 0 Å². The SMILES string of the molecule is COC(=O)Oc1cccc2[nH]cc(C(=O)CCC(=O)C3CC(c4ccccc4)=CCN3)c12. The van der Waals surface area contributed by atoms with E-state index in [4.69, 9.17) is 4.74 Å². The third-order valence-corrected chi connectivity index (χ3v) is 5.60. The van der Waals surface area contributed by atoms with Crippen LogP contribution in [0, 0.1) is 0 Å². The van der Waals surface area contributed by atoms with Crippen LogP contribution in [0.2, 0.25) is 0 Å². The standard InChI is InChI=1S/C25H24N2O5/c1-31-25(30)32-23-9-5-8-19-24(23)18(15-27-19)21(28)10-11-22(29)20-14-17(12-13-26-20)16-6-3-2-4-7-16/h2-9,12,15,20,26-27H,10-11,13-14H2,1H3. The number of rotatable bonds is 7. The highest BCUT2D eigenvalue weighted by molar-refractivity contribution is 6.11. The molecule has 7 nitrogen and oxygen atoms in total. The monoisotopic (exact) mass is 432 g/mol. The van der Waals surface area contributed by atoms with Crippen molar-refractivity contribution in [2.45, 2.75) is 25.3 Å². The second kappa shape index (κ2) is 9.62. The number of carbonyl (C=O) groups is 3. The minimum atomic E-state index is -0.863. The van der Waals surface area contributed by atoms with Gasteiger partial charge in [0.05, 0.1) is 18.5 Å². The van der Waals surface area contributed by atoms with Crippen molar-refractivity contribution >= 4 is 34.2 Å². The van der Waals surface area contributed by atoms with Gasteiger partial charge >= 0.3 is 6.16 Å². The molecule has 0 amide bonds. The zero-order chi connectivity index (χ0) is 22.5. The first kappa shape index (κ1) is 21.5.